The molecule has 0 heterocycles. The monoisotopic (exact) mass is 849 g/mol. The molecular weight excluding hydrogens is 784 g/mol. The molecule has 0 spiro atoms. The van der Waals surface area contributed by atoms with Gasteiger partial charge in [0.15, 0.2) is 0 Å². The molecule has 4 aromatic rings. The Labute approximate surface area is 339 Å². The van der Waals surface area contributed by atoms with Crippen LogP contribution in [0, 0.1) is 33.8 Å². The van der Waals surface area contributed by atoms with Crippen LogP contribution in [0.3, 0.4) is 0 Å². The Morgan fingerprint density at radius 1 is 0.679 bits per heavy atom. The summed E-state index contributed by atoms with van der Waals surface area (Å²) in [5.41, 5.74) is 23.7. The van der Waals surface area contributed by atoms with E-state index in [1.54, 1.807) is 16.9 Å². The first kappa shape index (κ1) is 48.7. The van der Waals surface area contributed by atoms with Crippen molar-refractivity contribution in [3.05, 3.63) is 111 Å². The normalized spacial score (nSPS) is 12.0. The van der Waals surface area contributed by atoms with Gasteiger partial charge in [0, 0.05) is 0 Å². The fourth-order valence-corrected chi connectivity index (χ4v) is 11.4. The van der Waals surface area contributed by atoms with E-state index in [9.17, 15) is 8.42 Å². The fraction of sp³-hybridized carbons (Fsp3) is 0.478. The molecule has 0 bridgehead atoms. The molecule has 53 heavy (non-hydrogen) atoms. The summed E-state index contributed by atoms with van der Waals surface area (Å²) < 4.78 is 25.9. The van der Waals surface area contributed by atoms with Gasteiger partial charge in [-0.3, -0.25) is 4.55 Å². The molecular formula is C46H66NO3PPdS. The predicted molar refractivity (Wildman–Crippen MR) is 231 cm³/mol. The van der Waals surface area contributed by atoms with E-state index in [-0.39, 0.29) is 30.7 Å². The molecule has 0 aliphatic rings. The van der Waals surface area contributed by atoms with E-state index >= 15 is 0 Å². The van der Waals surface area contributed by atoms with Crippen LogP contribution in [0.15, 0.2) is 60.7 Å². The third kappa shape index (κ3) is 13.1. The van der Waals surface area contributed by atoms with Gasteiger partial charge in [-0.1, -0.05) is 127 Å². The summed E-state index contributed by atoms with van der Waals surface area (Å²) in [7, 11) is -4.10. The largest absolute Gasteiger partial charge is 2.00 e. The average Bonchev–Trinajstić information content (AvgIpc) is 3.01. The van der Waals surface area contributed by atoms with Crippen molar-refractivity contribution in [1.82, 2.24) is 0 Å². The van der Waals surface area contributed by atoms with E-state index in [1.165, 1.54) is 44.5 Å². The Morgan fingerprint density at radius 3 is 1.49 bits per heavy atom. The van der Waals surface area contributed by atoms with Crippen molar-refractivity contribution in [2.24, 2.45) is 0 Å². The van der Waals surface area contributed by atoms with Crippen LogP contribution in [0.2, 0.25) is 0 Å². The first-order chi connectivity index (χ1) is 23.7. The number of hydrogen-bond donors (Lipinski definition) is 1. The molecule has 0 aliphatic heterocycles. The third-order valence-corrected chi connectivity index (χ3v) is 13.2. The van der Waals surface area contributed by atoms with Gasteiger partial charge in [0.1, 0.15) is 0 Å². The Balaban J connectivity index is 0.000000603. The minimum Gasteiger partial charge on any atom is -0.706 e. The van der Waals surface area contributed by atoms with Gasteiger partial charge in [-0.25, -0.2) is 0 Å². The van der Waals surface area contributed by atoms with Crippen LogP contribution in [-0.2, 0) is 30.5 Å². The van der Waals surface area contributed by atoms with E-state index in [4.69, 9.17) is 10.3 Å². The maximum absolute atomic E-state index is 9.19. The number of hydrogen-bond acceptors (Lipinski definition) is 2. The van der Waals surface area contributed by atoms with Crippen LogP contribution in [0.4, 0.5) is 5.69 Å². The summed E-state index contributed by atoms with van der Waals surface area (Å²) in [6.45, 7) is 38.5. The van der Waals surface area contributed by atoms with Gasteiger partial charge in [-0.05, 0) is 111 Å². The summed E-state index contributed by atoms with van der Waals surface area (Å²) in [4.78, 5) is 0. The van der Waals surface area contributed by atoms with E-state index in [1.807, 2.05) is 42.5 Å². The number of nitrogens with one attached hydrogen (secondary N) is 1. The second-order valence-corrected chi connectivity index (χ2v) is 22.3. The van der Waals surface area contributed by atoms with Crippen LogP contribution >= 0.6 is 7.92 Å². The maximum Gasteiger partial charge on any atom is 2.00 e. The van der Waals surface area contributed by atoms with E-state index in [0.29, 0.717) is 29.7 Å². The molecule has 0 atom stereocenters. The molecule has 0 amide bonds. The summed E-state index contributed by atoms with van der Waals surface area (Å²) in [5, 5.41) is 2.08. The first-order valence-corrected chi connectivity index (χ1v) is 21.7. The van der Waals surface area contributed by atoms with Crippen molar-refractivity contribution in [3.8, 4) is 22.3 Å². The van der Waals surface area contributed by atoms with Crippen molar-refractivity contribution in [2.75, 3.05) is 6.26 Å². The quantitative estimate of drug-likeness (QED) is 0.0908. The average molecular weight is 850 g/mol. The van der Waals surface area contributed by atoms with Gasteiger partial charge in [-0.15, -0.1) is 41.5 Å². The molecule has 4 aromatic carbocycles. The summed E-state index contributed by atoms with van der Waals surface area (Å²) >= 11 is 0. The molecule has 0 saturated carbocycles. The number of rotatable bonds is 6. The maximum atomic E-state index is 9.19. The molecule has 4 nitrogen and oxygen atoms in total. The van der Waals surface area contributed by atoms with Gasteiger partial charge >= 0.3 is 20.4 Å². The Bertz CT molecular complexity index is 1870. The van der Waals surface area contributed by atoms with Gasteiger partial charge < -0.3 is 5.73 Å². The zero-order valence-corrected chi connectivity index (χ0v) is 38.7. The van der Waals surface area contributed by atoms with Crippen molar-refractivity contribution in [2.45, 2.75) is 139 Å². The molecule has 0 aromatic heterocycles. The molecule has 2 N–H and O–H groups in total. The second-order valence-electron chi connectivity index (χ2n) is 17.0. The molecule has 7 heteroatoms. The second kappa shape index (κ2) is 19.5. The van der Waals surface area contributed by atoms with E-state index in [2.05, 4.69) is 129 Å². The van der Waals surface area contributed by atoms with Crippen molar-refractivity contribution < 1.29 is 33.4 Å². The fourth-order valence-electron chi connectivity index (χ4n) is 7.08. The van der Waals surface area contributed by atoms with Gasteiger partial charge in [0.2, 0.25) is 0 Å². The minimum absolute atomic E-state index is 0. The molecule has 0 fully saturated rings. The Morgan fingerprint density at radius 2 is 1.11 bits per heavy atom. The Hall–Kier alpha value is -2.32. The SMILES string of the molecule is CS(=O)(=O)O.Cc1c(C)c(C)c(P(C(C)(C)C)C(C)(C)C)c(-c2c(C(C)C)cc(C(C)C)cc2C(C)C)c1C.[NH-]c1ccccc1-c1[c-]cccc1.[Pd+2]. The van der Waals surface area contributed by atoms with Crippen molar-refractivity contribution >= 4 is 29.0 Å². The van der Waals surface area contributed by atoms with Gasteiger partial charge in [-0.2, -0.15) is 14.1 Å². The zero-order valence-electron chi connectivity index (χ0n) is 35.4. The van der Waals surface area contributed by atoms with Crippen LogP contribution in [0.25, 0.3) is 28.0 Å². The topological polar surface area (TPSA) is 78.2 Å². The van der Waals surface area contributed by atoms with Gasteiger partial charge in [0.25, 0.3) is 10.1 Å². The van der Waals surface area contributed by atoms with Crippen molar-refractivity contribution in [3.63, 3.8) is 0 Å². The molecule has 0 aliphatic carbocycles. The molecule has 0 saturated heterocycles. The molecule has 294 valence electrons. The molecule has 4 rings (SSSR count). The smallest absolute Gasteiger partial charge is 0.706 e. The minimum atomic E-state index is -3.67. The van der Waals surface area contributed by atoms with Crippen molar-refractivity contribution in [1.29, 1.82) is 0 Å². The number of benzene rings is 4. The molecule has 0 unspecified atom stereocenters. The predicted octanol–water partition coefficient (Wildman–Crippen LogP) is 14.0. The van der Waals surface area contributed by atoms with Crippen LogP contribution in [0.1, 0.15) is 140 Å². The summed E-state index contributed by atoms with van der Waals surface area (Å²) in [6.07, 6.45) is 0.715. The van der Waals surface area contributed by atoms with Gasteiger partial charge in [0.05, 0.1) is 6.26 Å². The summed E-state index contributed by atoms with van der Waals surface area (Å²) in [5.74, 6) is 1.50. The van der Waals surface area contributed by atoms with E-state index < -0.39 is 18.0 Å². The van der Waals surface area contributed by atoms with E-state index in [0.717, 1.165) is 11.1 Å². The zero-order chi connectivity index (χ0) is 40.1. The van der Waals surface area contributed by atoms with Crippen LogP contribution in [-0.4, -0.2) is 29.5 Å². The molecule has 0 radical (unpaired) electrons. The first-order valence-electron chi connectivity index (χ1n) is 18.5. The standard InChI is InChI=1S/C33H53P.C12H9N.CH4O3S.Pd/c1-19(2)26-17-27(20(3)4)30(28(18-26)21(5)6)29-24(9)22(7)23(8)25(10)31(29)34(32(11,12)13)33(14,15)16;13-12-9-5-4-8-11(12)10-6-2-1-3-7-10;1-5(2,3)4;/h17-21H,1-16H3;1-6,8-9,13H;1H3,(H,2,3,4);/q;-2;;+2. The van der Waals surface area contributed by atoms with Crippen LogP contribution in [0.5, 0.6) is 0 Å². The van der Waals surface area contributed by atoms with Crippen LogP contribution < -0.4 is 5.30 Å². The summed E-state index contributed by atoms with van der Waals surface area (Å²) in [6, 6.07) is 23.4. The third-order valence-electron chi connectivity index (χ3n) is 9.53. The Kier molecular flexibility index (Phi) is 17.9.